The minimum atomic E-state index is -0.764. The van der Waals surface area contributed by atoms with Gasteiger partial charge in [-0.25, -0.2) is 0 Å². The molecule has 0 radical (unpaired) electrons. The second kappa shape index (κ2) is 6.60. The van der Waals surface area contributed by atoms with Crippen molar-refractivity contribution in [1.82, 2.24) is 5.32 Å². The summed E-state index contributed by atoms with van der Waals surface area (Å²) >= 11 is 0. The molecule has 0 saturated carbocycles. The molecule has 82 valence electrons. The average Bonchev–Trinajstić information content (AvgIpc) is 2.00. The maximum Gasteiger partial charge on any atom is 0.320 e. The first-order chi connectivity index (χ1) is 6.43. The fraction of sp³-hybridized carbons (Fsp3) is 0.727. The van der Waals surface area contributed by atoms with Crippen LogP contribution < -0.4 is 5.32 Å². The Morgan fingerprint density at radius 2 is 2.07 bits per heavy atom. The minimum absolute atomic E-state index is 0.397. The summed E-state index contributed by atoms with van der Waals surface area (Å²) < 4.78 is 0. The summed E-state index contributed by atoms with van der Waals surface area (Å²) in [5, 5.41) is 11.9. The first-order valence-corrected chi connectivity index (χ1v) is 5.04. The van der Waals surface area contributed by atoms with Gasteiger partial charge in [-0.1, -0.05) is 19.4 Å². The molecule has 0 aliphatic rings. The second-order valence-electron chi connectivity index (χ2n) is 4.18. The van der Waals surface area contributed by atoms with Crippen LogP contribution in [0.5, 0.6) is 0 Å². The van der Waals surface area contributed by atoms with Crippen molar-refractivity contribution < 1.29 is 9.90 Å². The molecule has 14 heavy (non-hydrogen) atoms. The number of aliphatic carboxylic acids is 1. The van der Waals surface area contributed by atoms with Gasteiger partial charge in [0.25, 0.3) is 0 Å². The van der Waals surface area contributed by atoms with Gasteiger partial charge < -0.3 is 10.4 Å². The quantitative estimate of drug-likeness (QED) is 0.617. The molecule has 0 aliphatic heterocycles. The Hall–Kier alpha value is -0.830. The van der Waals surface area contributed by atoms with Gasteiger partial charge in [0.05, 0.1) is 0 Å². The maximum atomic E-state index is 10.8. The van der Waals surface area contributed by atoms with Crippen molar-refractivity contribution in [3.05, 3.63) is 12.2 Å². The number of carboxylic acids is 1. The Morgan fingerprint density at radius 1 is 1.50 bits per heavy atom. The third-order valence-electron chi connectivity index (χ3n) is 1.95. The van der Waals surface area contributed by atoms with E-state index < -0.39 is 12.0 Å². The lowest BCUT2D eigenvalue weighted by Crippen LogP contribution is -2.38. The van der Waals surface area contributed by atoms with Crippen molar-refractivity contribution in [2.45, 2.75) is 39.7 Å². The van der Waals surface area contributed by atoms with E-state index in [9.17, 15) is 4.79 Å². The summed E-state index contributed by atoms with van der Waals surface area (Å²) in [5.41, 5.74) is 1.08. The zero-order valence-electron chi connectivity index (χ0n) is 9.34. The number of hydrogen-bond acceptors (Lipinski definition) is 2. The molecule has 0 fully saturated rings. The van der Waals surface area contributed by atoms with Crippen LogP contribution in [0.1, 0.15) is 33.6 Å². The molecule has 0 amide bonds. The van der Waals surface area contributed by atoms with Crippen LogP contribution in [0.3, 0.4) is 0 Å². The van der Waals surface area contributed by atoms with E-state index in [-0.39, 0.29) is 0 Å². The highest BCUT2D eigenvalue weighted by Gasteiger charge is 2.17. The number of rotatable bonds is 7. The van der Waals surface area contributed by atoms with Crippen LogP contribution in [-0.2, 0) is 4.79 Å². The van der Waals surface area contributed by atoms with E-state index in [4.69, 9.17) is 5.11 Å². The molecule has 0 saturated heterocycles. The van der Waals surface area contributed by atoms with Gasteiger partial charge in [-0.2, -0.15) is 0 Å². The molecule has 0 aromatic rings. The predicted molar refractivity (Wildman–Crippen MR) is 58.3 cm³/mol. The molecule has 0 rings (SSSR count). The normalized spacial score (nSPS) is 12.9. The predicted octanol–water partition coefficient (Wildman–Crippen LogP) is 2.04. The van der Waals surface area contributed by atoms with Gasteiger partial charge in [-0.3, -0.25) is 4.79 Å². The molecule has 3 heteroatoms. The molecule has 0 aromatic carbocycles. The number of carbonyl (C=O) groups is 1. The van der Waals surface area contributed by atoms with E-state index in [0.29, 0.717) is 18.9 Å². The standard InChI is InChI=1S/C11H21NO2/c1-8(2)5-6-12-10(11(13)14)7-9(3)4/h9-10,12H,1,5-7H2,2-4H3,(H,13,14). The van der Waals surface area contributed by atoms with E-state index in [1.54, 1.807) is 0 Å². The fourth-order valence-corrected chi connectivity index (χ4v) is 1.20. The molecule has 0 spiro atoms. The van der Waals surface area contributed by atoms with Gasteiger partial charge in [-0.05, 0) is 32.2 Å². The van der Waals surface area contributed by atoms with E-state index in [1.807, 2.05) is 20.8 Å². The van der Waals surface area contributed by atoms with Crippen LogP contribution in [0.4, 0.5) is 0 Å². The topological polar surface area (TPSA) is 49.3 Å². The lowest BCUT2D eigenvalue weighted by molar-refractivity contribution is -0.139. The Balaban J connectivity index is 3.85. The smallest absolute Gasteiger partial charge is 0.320 e. The molecule has 3 nitrogen and oxygen atoms in total. The Bertz CT molecular complexity index is 199. The number of carboxylic acid groups (broad SMARTS) is 1. The molecule has 0 aliphatic carbocycles. The molecule has 2 N–H and O–H groups in total. The van der Waals surface area contributed by atoms with Crippen molar-refractivity contribution >= 4 is 5.97 Å². The van der Waals surface area contributed by atoms with Crippen LogP contribution in [0, 0.1) is 5.92 Å². The highest BCUT2D eigenvalue weighted by atomic mass is 16.4. The van der Waals surface area contributed by atoms with Gasteiger partial charge >= 0.3 is 5.97 Å². The molecular weight excluding hydrogens is 178 g/mol. The van der Waals surface area contributed by atoms with E-state index in [2.05, 4.69) is 11.9 Å². The lowest BCUT2D eigenvalue weighted by atomic mass is 10.0. The summed E-state index contributed by atoms with van der Waals surface area (Å²) in [5.74, 6) is -0.367. The fourth-order valence-electron chi connectivity index (χ4n) is 1.20. The zero-order valence-corrected chi connectivity index (χ0v) is 9.34. The minimum Gasteiger partial charge on any atom is -0.480 e. The Morgan fingerprint density at radius 3 is 2.43 bits per heavy atom. The Kier molecular flexibility index (Phi) is 6.21. The van der Waals surface area contributed by atoms with Gasteiger partial charge in [-0.15, -0.1) is 6.58 Å². The summed E-state index contributed by atoms with van der Waals surface area (Å²) in [6.07, 6.45) is 1.51. The molecule has 1 atom stereocenters. The SMILES string of the molecule is C=C(C)CCNC(CC(C)C)C(=O)O. The van der Waals surface area contributed by atoms with Crippen molar-refractivity contribution in [1.29, 1.82) is 0 Å². The number of nitrogens with one attached hydrogen (secondary N) is 1. The zero-order chi connectivity index (χ0) is 11.1. The average molecular weight is 199 g/mol. The van der Waals surface area contributed by atoms with E-state index in [1.165, 1.54) is 0 Å². The third-order valence-corrected chi connectivity index (χ3v) is 1.95. The van der Waals surface area contributed by atoms with Gasteiger partial charge in [0, 0.05) is 0 Å². The van der Waals surface area contributed by atoms with Gasteiger partial charge in [0.2, 0.25) is 0 Å². The van der Waals surface area contributed by atoms with Crippen molar-refractivity contribution in [2.75, 3.05) is 6.54 Å². The second-order valence-corrected chi connectivity index (χ2v) is 4.18. The van der Waals surface area contributed by atoms with E-state index in [0.717, 1.165) is 12.0 Å². The van der Waals surface area contributed by atoms with Gasteiger partial charge in [0.15, 0.2) is 0 Å². The van der Waals surface area contributed by atoms with Crippen LogP contribution in [0.15, 0.2) is 12.2 Å². The highest BCUT2D eigenvalue weighted by molar-refractivity contribution is 5.73. The monoisotopic (exact) mass is 199 g/mol. The maximum absolute atomic E-state index is 10.8. The van der Waals surface area contributed by atoms with Crippen molar-refractivity contribution in [2.24, 2.45) is 5.92 Å². The van der Waals surface area contributed by atoms with Crippen molar-refractivity contribution in [3.63, 3.8) is 0 Å². The summed E-state index contributed by atoms with van der Waals surface area (Å²) in [7, 11) is 0. The van der Waals surface area contributed by atoms with Crippen LogP contribution >= 0.6 is 0 Å². The number of hydrogen-bond donors (Lipinski definition) is 2. The lowest BCUT2D eigenvalue weighted by Gasteiger charge is -2.16. The van der Waals surface area contributed by atoms with Gasteiger partial charge in [0.1, 0.15) is 6.04 Å². The summed E-state index contributed by atoms with van der Waals surface area (Å²) in [6.45, 7) is 10.5. The van der Waals surface area contributed by atoms with Crippen LogP contribution in [-0.4, -0.2) is 23.7 Å². The largest absolute Gasteiger partial charge is 0.480 e. The highest BCUT2D eigenvalue weighted by Crippen LogP contribution is 2.05. The Labute approximate surface area is 86.2 Å². The molecule has 1 unspecified atom stereocenters. The van der Waals surface area contributed by atoms with Crippen LogP contribution in [0.25, 0.3) is 0 Å². The summed E-state index contributed by atoms with van der Waals surface area (Å²) in [4.78, 5) is 10.8. The molecule has 0 heterocycles. The van der Waals surface area contributed by atoms with Crippen molar-refractivity contribution in [3.8, 4) is 0 Å². The first-order valence-electron chi connectivity index (χ1n) is 5.04. The summed E-state index contributed by atoms with van der Waals surface area (Å²) in [6, 6.07) is -0.422. The molecular formula is C11H21NO2. The third kappa shape index (κ3) is 6.66. The van der Waals surface area contributed by atoms with Crippen LogP contribution in [0.2, 0.25) is 0 Å². The van der Waals surface area contributed by atoms with E-state index >= 15 is 0 Å². The first kappa shape index (κ1) is 13.2. The molecule has 0 aromatic heterocycles. The molecule has 0 bridgehead atoms.